The number of nitrogens with zero attached hydrogens (tertiary/aromatic N) is 4. The molecule has 2 fully saturated rings. The molecular weight excluding hydrogens is 371 g/mol. The molecule has 126 valence electrons. The molecule has 1 aromatic carbocycles. The summed E-state index contributed by atoms with van der Waals surface area (Å²) < 4.78 is 14.2. The molecule has 0 spiro atoms. The predicted molar refractivity (Wildman–Crippen MR) is 95.3 cm³/mol. The second kappa shape index (κ2) is 6.76. The van der Waals surface area contributed by atoms with Crippen molar-refractivity contribution in [2.45, 2.75) is 25.4 Å². The molecule has 4 nitrogen and oxygen atoms in total. The van der Waals surface area contributed by atoms with E-state index < -0.39 is 0 Å². The molecule has 24 heavy (non-hydrogen) atoms. The minimum absolute atomic E-state index is 0.383. The van der Waals surface area contributed by atoms with Crippen molar-refractivity contribution in [3.63, 3.8) is 0 Å². The van der Waals surface area contributed by atoms with Crippen LogP contribution in [0.3, 0.4) is 0 Å². The number of rotatable bonds is 3. The molecule has 2 atom stereocenters. The summed E-state index contributed by atoms with van der Waals surface area (Å²) >= 11 is 3.49. The first-order chi connectivity index (χ1) is 11.7. The van der Waals surface area contributed by atoms with Crippen molar-refractivity contribution in [3.8, 4) is 0 Å². The number of halogens is 2. The van der Waals surface area contributed by atoms with Crippen molar-refractivity contribution in [1.82, 2.24) is 14.9 Å². The summed E-state index contributed by atoms with van der Waals surface area (Å²) in [5.41, 5.74) is 1.34. The lowest BCUT2D eigenvalue weighted by atomic mass is 9.92. The van der Waals surface area contributed by atoms with Crippen molar-refractivity contribution in [2.24, 2.45) is 5.92 Å². The maximum atomic E-state index is 13.0. The number of piperidine rings is 1. The molecule has 0 N–H and O–H groups in total. The highest BCUT2D eigenvalue weighted by atomic mass is 79.9. The Morgan fingerprint density at radius 1 is 1.08 bits per heavy atom. The van der Waals surface area contributed by atoms with Crippen LogP contribution < -0.4 is 4.90 Å². The van der Waals surface area contributed by atoms with Crippen molar-refractivity contribution in [3.05, 3.63) is 52.5 Å². The lowest BCUT2D eigenvalue weighted by molar-refractivity contribution is 0.200. The second-order valence-electron chi connectivity index (χ2n) is 6.65. The van der Waals surface area contributed by atoms with Crippen LogP contribution in [0.2, 0.25) is 0 Å². The second-order valence-corrected chi connectivity index (χ2v) is 7.56. The Kier molecular flexibility index (Phi) is 4.50. The van der Waals surface area contributed by atoms with E-state index in [2.05, 4.69) is 60.0 Å². The molecule has 2 unspecified atom stereocenters. The van der Waals surface area contributed by atoms with Gasteiger partial charge in [0.15, 0.2) is 5.82 Å². The summed E-state index contributed by atoms with van der Waals surface area (Å²) in [6, 6.07) is 9.09. The number of anilines is 1. The molecule has 0 bridgehead atoms. The number of hydrogen-bond donors (Lipinski definition) is 0. The van der Waals surface area contributed by atoms with Gasteiger partial charge in [-0.05, 0) is 43.0 Å². The van der Waals surface area contributed by atoms with Gasteiger partial charge in [-0.2, -0.15) is 0 Å². The van der Waals surface area contributed by atoms with E-state index >= 15 is 0 Å². The Morgan fingerprint density at radius 3 is 2.54 bits per heavy atom. The number of hydrogen-bond acceptors (Lipinski definition) is 4. The fraction of sp³-hybridized carbons (Fsp3) is 0.444. The minimum atomic E-state index is -0.383. The molecule has 6 heteroatoms. The molecule has 2 aromatic rings. The fourth-order valence-corrected chi connectivity index (χ4v) is 4.16. The summed E-state index contributed by atoms with van der Waals surface area (Å²) in [6.45, 7) is 4.00. The Bertz CT molecular complexity index is 691. The van der Waals surface area contributed by atoms with Gasteiger partial charge in [0.05, 0.1) is 12.4 Å². The third-order valence-corrected chi connectivity index (χ3v) is 5.69. The smallest absolute Gasteiger partial charge is 0.225 e. The van der Waals surface area contributed by atoms with E-state index in [1.54, 1.807) is 0 Å². The number of fused-ring (bicyclic) bond motifs is 1. The highest BCUT2D eigenvalue weighted by Crippen LogP contribution is 2.33. The van der Waals surface area contributed by atoms with Gasteiger partial charge in [-0.1, -0.05) is 28.1 Å². The zero-order valence-electron chi connectivity index (χ0n) is 13.4. The topological polar surface area (TPSA) is 32.3 Å². The molecular formula is C18H20BrFN4. The third kappa shape index (κ3) is 3.30. The van der Waals surface area contributed by atoms with E-state index in [1.807, 2.05) is 0 Å². The summed E-state index contributed by atoms with van der Waals surface area (Å²) in [5, 5.41) is 0. The summed E-state index contributed by atoms with van der Waals surface area (Å²) in [6.07, 6.45) is 4.92. The normalized spacial score (nSPS) is 24.2. The van der Waals surface area contributed by atoms with Crippen molar-refractivity contribution < 1.29 is 4.39 Å². The zero-order valence-corrected chi connectivity index (χ0v) is 15.0. The Hall–Kier alpha value is -1.53. The number of likely N-dealkylation sites (tertiary alicyclic amines) is 1. The van der Waals surface area contributed by atoms with Gasteiger partial charge in [-0.25, -0.2) is 14.4 Å². The number of benzene rings is 1. The molecule has 2 saturated heterocycles. The van der Waals surface area contributed by atoms with E-state index in [1.165, 1.54) is 24.4 Å². The van der Waals surface area contributed by atoms with Gasteiger partial charge in [0, 0.05) is 30.1 Å². The molecule has 3 heterocycles. The molecule has 1 aromatic heterocycles. The third-order valence-electron chi connectivity index (χ3n) is 5.17. The van der Waals surface area contributed by atoms with Crippen LogP contribution in [0.4, 0.5) is 10.3 Å². The average Bonchev–Trinajstić information content (AvgIpc) is 3.00. The van der Waals surface area contributed by atoms with Crippen molar-refractivity contribution in [1.29, 1.82) is 0 Å². The fourth-order valence-electron chi connectivity index (χ4n) is 3.90. The van der Waals surface area contributed by atoms with Gasteiger partial charge in [0.2, 0.25) is 5.95 Å². The highest BCUT2D eigenvalue weighted by Gasteiger charge is 2.38. The van der Waals surface area contributed by atoms with Crippen LogP contribution in [0.15, 0.2) is 41.1 Å². The molecule has 0 amide bonds. The van der Waals surface area contributed by atoms with Gasteiger partial charge in [0.25, 0.3) is 0 Å². The van der Waals surface area contributed by atoms with E-state index in [0.29, 0.717) is 12.0 Å². The molecule has 2 aliphatic heterocycles. The quantitative estimate of drug-likeness (QED) is 0.802. The zero-order chi connectivity index (χ0) is 16.5. The predicted octanol–water partition coefficient (Wildman–Crippen LogP) is 3.48. The van der Waals surface area contributed by atoms with Crippen LogP contribution in [0.25, 0.3) is 0 Å². The van der Waals surface area contributed by atoms with Gasteiger partial charge in [-0.3, -0.25) is 4.90 Å². The summed E-state index contributed by atoms with van der Waals surface area (Å²) in [4.78, 5) is 13.1. The monoisotopic (exact) mass is 390 g/mol. The van der Waals surface area contributed by atoms with Crippen LogP contribution in [0.5, 0.6) is 0 Å². The van der Waals surface area contributed by atoms with Crippen LogP contribution in [0, 0.1) is 11.7 Å². The molecule has 0 saturated carbocycles. The first-order valence-corrected chi connectivity index (χ1v) is 9.19. The van der Waals surface area contributed by atoms with Crippen molar-refractivity contribution in [2.75, 3.05) is 24.5 Å². The lowest BCUT2D eigenvalue weighted by Gasteiger charge is -2.38. The highest BCUT2D eigenvalue weighted by molar-refractivity contribution is 9.10. The van der Waals surface area contributed by atoms with E-state index in [-0.39, 0.29) is 5.82 Å². The van der Waals surface area contributed by atoms with E-state index in [9.17, 15) is 4.39 Å². The Balaban J connectivity index is 1.46. The SMILES string of the molecule is Fc1cnc(N2CCC3CCN(Cc4ccc(Br)cc4)C3C2)nc1. The summed E-state index contributed by atoms with van der Waals surface area (Å²) in [5.74, 6) is 1.01. The van der Waals surface area contributed by atoms with Crippen LogP contribution in [-0.4, -0.2) is 40.5 Å². The van der Waals surface area contributed by atoms with Gasteiger partial charge in [0.1, 0.15) is 0 Å². The Labute approximate surface area is 149 Å². The molecule has 4 rings (SSSR count). The van der Waals surface area contributed by atoms with Crippen LogP contribution in [0.1, 0.15) is 18.4 Å². The van der Waals surface area contributed by atoms with E-state index in [0.717, 1.165) is 43.0 Å². The van der Waals surface area contributed by atoms with Crippen LogP contribution >= 0.6 is 15.9 Å². The van der Waals surface area contributed by atoms with E-state index in [4.69, 9.17) is 0 Å². The van der Waals surface area contributed by atoms with Crippen LogP contribution in [-0.2, 0) is 6.54 Å². The van der Waals surface area contributed by atoms with Gasteiger partial charge < -0.3 is 4.90 Å². The molecule has 2 aliphatic rings. The number of aromatic nitrogens is 2. The minimum Gasteiger partial charge on any atom is -0.339 e. The first-order valence-electron chi connectivity index (χ1n) is 8.40. The summed E-state index contributed by atoms with van der Waals surface area (Å²) in [7, 11) is 0. The Morgan fingerprint density at radius 2 is 1.79 bits per heavy atom. The average molecular weight is 391 g/mol. The first kappa shape index (κ1) is 16.0. The van der Waals surface area contributed by atoms with Gasteiger partial charge in [-0.15, -0.1) is 0 Å². The standard InChI is InChI=1S/C18H20BrFN4/c19-15-3-1-13(2-4-15)11-23-7-5-14-6-8-24(12-17(14)23)18-21-9-16(20)10-22-18/h1-4,9-10,14,17H,5-8,11-12H2. The molecule has 0 radical (unpaired) electrons. The molecule has 0 aliphatic carbocycles. The maximum Gasteiger partial charge on any atom is 0.225 e. The largest absolute Gasteiger partial charge is 0.339 e. The van der Waals surface area contributed by atoms with Crippen molar-refractivity contribution >= 4 is 21.9 Å². The van der Waals surface area contributed by atoms with Gasteiger partial charge >= 0.3 is 0 Å². The lowest BCUT2D eigenvalue weighted by Crippen LogP contribution is -2.48. The maximum absolute atomic E-state index is 13.0.